The van der Waals surface area contributed by atoms with Gasteiger partial charge in [0.15, 0.2) is 23.9 Å². The fraction of sp³-hybridized carbons (Fsp3) is 0.632. The molecule has 0 aliphatic carbocycles. The number of ether oxygens (including phenoxy) is 8. The van der Waals surface area contributed by atoms with Crippen LogP contribution in [0.2, 0.25) is 0 Å². The first-order valence-corrected chi connectivity index (χ1v) is 20.3. The van der Waals surface area contributed by atoms with Crippen molar-refractivity contribution in [1.82, 2.24) is 14.9 Å². The fourth-order valence-corrected chi connectivity index (χ4v) is 8.83. The minimum absolute atomic E-state index is 0.00869. The number of aliphatic hydroxyl groups is 1. The Labute approximate surface area is 322 Å². The van der Waals surface area contributed by atoms with Gasteiger partial charge in [-0.05, 0) is 48.8 Å². The molecule has 0 aromatic heterocycles. The third kappa shape index (κ3) is 11.4. The number of hydrogen-bond acceptors (Lipinski definition) is 13. The van der Waals surface area contributed by atoms with Gasteiger partial charge in [0.05, 0.1) is 49.4 Å². The van der Waals surface area contributed by atoms with Gasteiger partial charge in [0, 0.05) is 25.7 Å². The number of amides is 2. The van der Waals surface area contributed by atoms with Gasteiger partial charge in [0.2, 0.25) is 16.8 Å². The van der Waals surface area contributed by atoms with E-state index in [1.165, 1.54) is 16.4 Å². The lowest BCUT2D eigenvalue weighted by atomic mass is 9.86. The number of nitrogens with zero attached hydrogens (tertiary/aromatic N) is 1. The number of fused-ring (bicyclic) bond motifs is 2. The predicted molar refractivity (Wildman–Crippen MR) is 196 cm³/mol. The summed E-state index contributed by atoms with van der Waals surface area (Å²) in [5, 5.41) is 17.4. The second-order valence-electron chi connectivity index (χ2n) is 15.1. The van der Waals surface area contributed by atoms with Crippen LogP contribution in [0, 0.1) is 11.3 Å². The molecule has 3 N–H and O–H groups in total. The maximum Gasteiger partial charge on any atom is 0.407 e. The maximum atomic E-state index is 14.4. The summed E-state index contributed by atoms with van der Waals surface area (Å²) in [7, 11) is -4.19. The molecule has 2 aromatic rings. The van der Waals surface area contributed by atoms with E-state index in [1.54, 1.807) is 6.07 Å². The molecule has 0 unspecified atom stereocenters. The van der Waals surface area contributed by atoms with Crippen LogP contribution >= 0.6 is 0 Å². The van der Waals surface area contributed by atoms with Gasteiger partial charge >= 0.3 is 12.2 Å². The van der Waals surface area contributed by atoms with Crippen LogP contribution in [-0.2, 0) is 44.9 Å². The molecule has 304 valence electrons. The summed E-state index contributed by atoms with van der Waals surface area (Å²) in [4.78, 5) is 25.4. The van der Waals surface area contributed by atoms with Crippen LogP contribution in [-0.4, -0.2) is 120 Å². The molecule has 4 aliphatic heterocycles. The van der Waals surface area contributed by atoms with Crippen LogP contribution in [0.4, 0.5) is 9.59 Å². The first kappa shape index (κ1) is 40.9. The average Bonchev–Trinajstić information content (AvgIpc) is 3.92. The highest BCUT2D eigenvalue weighted by Gasteiger charge is 2.44. The highest BCUT2D eigenvalue weighted by Crippen LogP contribution is 2.36. The molecule has 16 nitrogen and oxygen atoms in total. The van der Waals surface area contributed by atoms with E-state index in [-0.39, 0.29) is 50.5 Å². The number of hydrogen-bond donors (Lipinski definition) is 3. The van der Waals surface area contributed by atoms with Crippen molar-refractivity contribution < 1.29 is 61.0 Å². The van der Waals surface area contributed by atoms with Crippen LogP contribution in [0.3, 0.4) is 0 Å². The third-order valence-corrected chi connectivity index (χ3v) is 11.9. The number of rotatable bonds is 18. The van der Waals surface area contributed by atoms with E-state index in [2.05, 4.69) is 10.6 Å². The molecule has 0 saturated carbocycles. The quantitative estimate of drug-likeness (QED) is 0.186. The molecule has 6 rings (SSSR count). The molecule has 5 atom stereocenters. The average molecular weight is 792 g/mol. The van der Waals surface area contributed by atoms with Crippen LogP contribution in [0.5, 0.6) is 11.5 Å². The molecule has 0 bridgehead atoms. The van der Waals surface area contributed by atoms with Crippen LogP contribution in [0.15, 0.2) is 53.4 Å². The molecular formula is C38H53N3O13S. The Kier molecular flexibility index (Phi) is 14.1. The molecule has 3 fully saturated rings. The number of nitrogens with one attached hydrogen (secondary N) is 2. The largest absolute Gasteiger partial charge is 0.454 e. The summed E-state index contributed by atoms with van der Waals surface area (Å²) >= 11 is 0. The van der Waals surface area contributed by atoms with E-state index < -0.39 is 58.3 Å². The van der Waals surface area contributed by atoms with E-state index in [0.29, 0.717) is 57.1 Å². The van der Waals surface area contributed by atoms with Crippen molar-refractivity contribution in [3.05, 3.63) is 54.1 Å². The van der Waals surface area contributed by atoms with Crippen molar-refractivity contribution in [1.29, 1.82) is 0 Å². The van der Waals surface area contributed by atoms with Gasteiger partial charge in [-0.2, -0.15) is 4.31 Å². The molecule has 2 aromatic carbocycles. The zero-order chi connectivity index (χ0) is 38.8. The predicted octanol–water partition coefficient (Wildman–Crippen LogP) is 3.55. The fourth-order valence-electron chi connectivity index (χ4n) is 7.17. The van der Waals surface area contributed by atoms with E-state index >= 15 is 0 Å². The van der Waals surface area contributed by atoms with Crippen LogP contribution < -0.4 is 20.1 Å². The SMILES string of the molecule is CC(C)(CCCCCNC(=O)OC1COCOC1)CN(C[C@@H](O)[C@H](Cc1ccccc1)NC(=O)O[C@H]1CO[C@H]2OCC[C@H]21)S(=O)(=O)c1ccc2c(c1)OCO2. The van der Waals surface area contributed by atoms with E-state index in [4.69, 9.17) is 37.9 Å². The lowest BCUT2D eigenvalue weighted by Crippen LogP contribution is -2.52. The number of carbonyl (C=O) groups excluding carboxylic acids is 2. The van der Waals surface area contributed by atoms with Gasteiger partial charge in [-0.1, -0.05) is 57.0 Å². The number of unbranched alkanes of at least 4 members (excludes halogenated alkanes) is 2. The molecule has 55 heavy (non-hydrogen) atoms. The Morgan fingerprint density at radius 1 is 0.945 bits per heavy atom. The lowest BCUT2D eigenvalue weighted by Gasteiger charge is -2.35. The van der Waals surface area contributed by atoms with E-state index in [1.807, 2.05) is 44.2 Å². The third-order valence-electron chi connectivity index (χ3n) is 10.1. The van der Waals surface area contributed by atoms with Crippen molar-refractivity contribution in [3.8, 4) is 11.5 Å². The molecule has 3 saturated heterocycles. The summed E-state index contributed by atoms with van der Waals surface area (Å²) in [5.41, 5.74) is 0.311. The Balaban J connectivity index is 1.11. The second kappa shape index (κ2) is 19.0. The smallest absolute Gasteiger partial charge is 0.407 e. The van der Waals surface area contributed by atoms with Crippen LogP contribution in [0.25, 0.3) is 0 Å². The molecule has 4 heterocycles. The van der Waals surface area contributed by atoms with E-state index in [0.717, 1.165) is 18.4 Å². The van der Waals surface area contributed by atoms with Crippen molar-refractivity contribution in [3.63, 3.8) is 0 Å². The first-order valence-electron chi connectivity index (χ1n) is 18.9. The minimum Gasteiger partial charge on any atom is -0.454 e. The number of carbonyl (C=O) groups is 2. The molecule has 0 radical (unpaired) electrons. The highest BCUT2D eigenvalue weighted by molar-refractivity contribution is 7.89. The van der Waals surface area contributed by atoms with Gasteiger partial charge in [-0.3, -0.25) is 0 Å². The number of sulfonamides is 1. The monoisotopic (exact) mass is 791 g/mol. The summed E-state index contributed by atoms with van der Waals surface area (Å²) in [6, 6.07) is 12.9. The second-order valence-corrected chi connectivity index (χ2v) is 17.0. The van der Waals surface area contributed by atoms with Crippen molar-refractivity contribution in [2.45, 2.75) is 87.9 Å². The number of benzene rings is 2. The van der Waals surface area contributed by atoms with Crippen molar-refractivity contribution >= 4 is 22.2 Å². The zero-order valence-corrected chi connectivity index (χ0v) is 32.2. The van der Waals surface area contributed by atoms with Crippen molar-refractivity contribution in [2.75, 3.05) is 59.6 Å². The highest BCUT2D eigenvalue weighted by atomic mass is 32.2. The Morgan fingerprint density at radius 3 is 2.53 bits per heavy atom. The van der Waals surface area contributed by atoms with Gasteiger partial charge in [-0.15, -0.1) is 0 Å². The summed E-state index contributed by atoms with van der Waals surface area (Å²) in [5.74, 6) is 0.688. The standard InChI is InChI=1S/C38H53N3O13S/c1-38(2,14-7-4-8-15-39-36(43)53-27-20-47-24-48-21-27)23-41(55(45,46)28-11-12-32-33(18-28)52-25-51-32)19-31(42)30(17-26-9-5-3-6-10-26)40-37(44)54-34-22-50-35-29(34)13-16-49-35/h3,5-6,9-12,18,27,29-31,34-35,42H,4,7-8,13-17,19-25H2,1-2H3,(H,39,43)(H,40,44)/t29-,30-,31+,34-,35+/m0/s1. The van der Waals surface area contributed by atoms with Gasteiger partial charge in [0.25, 0.3) is 0 Å². The summed E-state index contributed by atoms with van der Waals surface area (Å²) in [6.07, 6.45) is -0.0991. The zero-order valence-electron chi connectivity index (χ0n) is 31.4. The minimum atomic E-state index is -4.19. The summed E-state index contributed by atoms with van der Waals surface area (Å²) < 4.78 is 73.6. The van der Waals surface area contributed by atoms with Crippen LogP contribution in [0.1, 0.15) is 51.5 Å². The first-order chi connectivity index (χ1) is 26.5. The maximum absolute atomic E-state index is 14.4. The molecule has 2 amide bonds. The Bertz CT molecular complexity index is 1670. The lowest BCUT2D eigenvalue weighted by molar-refractivity contribution is -0.151. The normalized spacial score (nSPS) is 22.2. The molecule has 0 spiro atoms. The molecular weight excluding hydrogens is 738 g/mol. The Hall–Kier alpha value is -3.71. The molecule has 4 aliphatic rings. The number of aliphatic hydroxyl groups excluding tert-OH is 1. The van der Waals surface area contributed by atoms with Gasteiger partial charge < -0.3 is 53.6 Å². The topological polar surface area (TPSA) is 190 Å². The summed E-state index contributed by atoms with van der Waals surface area (Å²) in [6.45, 7) is 5.64. The van der Waals surface area contributed by atoms with Gasteiger partial charge in [-0.25, -0.2) is 18.0 Å². The molecule has 17 heteroatoms. The Morgan fingerprint density at radius 2 is 1.73 bits per heavy atom. The van der Waals surface area contributed by atoms with E-state index in [9.17, 15) is 23.1 Å². The van der Waals surface area contributed by atoms with Crippen molar-refractivity contribution in [2.24, 2.45) is 11.3 Å². The number of alkyl carbamates (subject to hydrolysis) is 2. The van der Waals surface area contributed by atoms with Gasteiger partial charge in [0.1, 0.15) is 12.9 Å².